The maximum absolute atomic E-state index is 12.1. The minimum absolute atomic E-state index is 0.131. The van der Waals surface area contributed by atoms with Crippen LogP contribution in [0.3, 0.4) is 0 Å². The second-order valence-corrected chi connectivity index (χ2v) is 5.64. The fraction of sp³-hybridized carbons (Fsp3) is 0.188. The zero-order valence-corrected chi connectivity index (χ0v) is 13.0. The number of benzene rings is 1. The topological polar surface area (TPSA) is 65.2 Å². The molecular weight excluding hydrogens is 300 g/mol. The highest BCUT2D eigenvalue weighted by Crippen LogP contribution is 2.24. The van der Waals surface area contributed by atoms with Crippen molar-refractivity contribution in [2.24, 2.45) is 0 Å². The second-order valence-electron chi connectivity index (χ2n) is 4.79. The molecule has 6 heteroatoms. The molecule has 2 aromatic heterocycles. The van der Waals surface area contributed by atoms with E-state index in [-0.39, 0.29) is 6.61 Å². The highest BCUT2D eigenvalue weighted by Gasteiger charge is 2.19. The Kier molecular flexibility index (Phi) is 4.02. The predicted molar refractivity (Wildman–Crippen MR) is 82.6 cm³/mol. The summed E-state index contributed by atoms with van der Waals surface area (Å²) in [6, 6.07) is 9.89. The van der Waals surface area contributed by atoms with Crippen LogP contribution < -0.4 is 0 Å². The molecule has 0 saturated heterocycles. The van der Waals surface area contributed by atoms with Crippen molar-refractivity contribution < 1.29 is 14.1 Å². The van der Waals surface area contributed by atoms with Crippen molar-refractivity contribution in [3.8, 4) is 10.6 Å². The van der Waals surface area contributed by atoms with Gasteiger partial charge in [-0.05, 0) is 13.8 Å². The Bertz CT molecular complexity index is 773. The first-order chi connectivity index (χ1) is 10.6. The molecule has 3 aromatic rings. The van der Waals surface area contributed by atoms with Gasteiger partial charge in [-0.1, -0.05) is 35.5 Å². The van der Waals surface area contributed by atoms with Crippen LogP contribution in [0.2, 0.25) is 0 Å². The third-order valence-electron chi connectivity index (χ3n) is 3.16. The average molecular weight is 314 g/mol. The molecule has 0 fully saturated rings. The molecule has 0 N–H and O–H groups in total. The molecule has 0 atom stereocenters. The van der Waals surface area contributed by atoms with Crippen LogP contribution >= 0.6 is 11.3 Å². The van der Waals surface area contributed by atoms with Crippen LogP contribution in [0.4, 0.5) is 0 Å². The first-order valence-corrected chi connectivity index (χ1v) is 7.63. The average Bonchev–Trinajstić information content (AvgIpc) is 3.13. The summed E-state index contributed by atoms with van der Waals surface area (Å²) in [6.07, 6.45) is 0. The highest BCUT2D eigenvalue weighted by atomic mass is 32.1. The zero-order valence-electron chi connectivity index (χ0n) is 12.2. The summed E-state index contributed by atoms with van der Waals surface area (Å²) < 4.78 is 10.3. The number of nitrogens with zero attached hydrogens (tertiary/aromatic N) is 2. The lowest BCUT2D eigenvalue weighted by Crippen LogP contribution is -2.07. The standard InChI is InChI=1S/C16H14N2O3S/c1-10-14(11(2)21-18-10)16(19)20-8-13-9-22-15(17-13)12-6-4-3-5-7-12/h3-7,9H,8H2,1-2H3. The third-order valence-corrected chi connectivity index (χ3v) is 4.10. The van der Waals surface area contributed by atoms with Crippen molar-refractivity contribution >= 4 is 17.3 Å². The van der Waals surface area contributed by atoms with Crippen LogP contribution in [0, 0.1) is 13.8 Å². The van der Waals surface area contributed by atoms with Crippen LogP contribution in [-0.2, 0) is 11.3 Å². The van der Waals surface area contributed by atoms with Gasteiger partial charge in [-0.25, -0.2) is 9.78 Å². The van der Waals surface area contributed by atoms with E-state index in [9.17, 15) is 4.79 Å². The molecule has 0 unspecified atom stereocenters. The predicted octanol–water partition coefficient (Wildman–Crippen LogP) is 3.77. The van der Waals surface area contributed by atoms with Gasteiger partial charge in [0.15, 0.2) is 0 Å². The van der Waals surface area contributed by atoms with Crippen LogP contribution in [0.25, 0.3) is 10.6 Å². The van der Waals surface area contributed by atoms with E-state index in [2.05, 4.69) is 10.1 Å². The summed E-state index contributed by atoms with van der Waals surface area (Å²) in [6.45, 7) is 3.53. The van der Waals surface area contributed by atoms with Gasteiger partial charge in [0.05, 0.1) is 11.4 Å². The molecule has 0 saturated carbocycles. The van der Waals surface area contributed by atoms with Gasteiger partial charge < -0.3 is 9.26 Å². The van der Waals surface area contributed by atoms with Gasteiger partial charge in [0, 0.05) is 10.9 Å². The number of hydrogen-bond acceptors (Lipinski definition) is 6. The maximum atomic E-state index is 12.1. The Morgan fingerprint density at radius 3 is 2.73 bits per heavy atom. The molecule has 0 spiro atoms. The molecule has 2 heterocycles. The number of aryl methyl sites for hydroxylation is 2. The summed E-state index contributed by atoms with van der Waals surface area (Å²) in [7, 11) is 0. The van der Waals surface area contributed by atoms with E-state index >= 15 is 0 Å². The van der Waals surface area contributed by atoms with Crippen LogP contribution in [0.1, 0.15) is 27.5 Å². The summed E-state index contributed by atoms with van der Waals surface area (Å²) in [5, 5.41) is 6.54. The number of carbonyl (C=O) groups is 1. The summed E-state index contributed by atoms with van der Waals surface area (Å²) >= 11 is 1.52. The smallest absolute Gasteiger partial charge is 0.344 e. The van der Waals surface area contributed by atoms with E-state index in [1.54, 1.807) is 13.8 Å². The van der Waals surface area contributed by atoms with Crippen LogP contribution in [-0.4, -0.2) is 16.1 Å². The lowest BCUT2D eigenvalue weighted by molar-refractivity contribution is 0.0466. The molecule has 0 aliphatic carbocycles. The summed E-state index contributed by atoms with van der Waals surface area (Å²) in [4.78, 5) is 16.5. The molecule has 0 aliphatic rings. The largest absolute Gasteiger partial charge is 0.455 e. The lowest BCUT2D eigenvalue weighted by Gasteiger charge is -2.01. The Hall–Kier alpha value is -2.47. The van der Waals surface area contributed by atoms with Crippen LogP contribution in [0.15, 0.2) is 40.2 Å². The molecule has 112 valence electrons. The molecule has 3 rings (SSSR count). The van der Waals surface area contributed by atoms with E-state index in [0.717, 1.165) is 16.3 Å². The van der Waals surface area contributed by atoms with Gasteiger partial charge in [0.25, 0.3) is 0 Å². The van der Waals surface area contributed by atoms with Gasteiger partial charge in [-0.3, -0.25) is 0 Å². The number of rotatable bonds is 4. The molecule has 0 radical (unpaired) electrons. The quantitative estimate of drug-likeness (QED) is 0.686. The third kappa shape index (κ3) is 2.92. The number of aromatic nitrogens is 2. The van der Waals surface area contributed by atoms with Crippen molar-refractivity contribution in [2.45, 2.75) is 20.5 Å². The van der Waals surface area contributed by atoms with Gasteiger partial charge in [0.2, 0.25) is 0 Å². The number of ether oxygens (including phenoxy) is 1. The first kappa shape index (κ1) is 14.5. The lowest BCUT2D eigenvalue weighted by atomic mass is 10.2. The van der Waals surface area contributed by atoms with Crippen molar-refractivity contribution in [3.63, 3.8) is 0 Å². The molecule has 1 aromatic carbocycles. The van der Waals surface area contributed by atoms with Gasteiger partial charge in [-0.2, -0.15) is 0 Å². The minimum atomic E-state index is -0.439. The summed E-state index contributed by atoms with van der Waals surface area (Å²) in [5.41, 5.74) is 2.70. The van der Waals surface area contributed by atoms with Crippen molar-refractivity contribution in [1.82, 2.24) is 10.1 Å². The summed E-state index contributed by atoms with van der Waals surface area (Å²) in [5.74, 6) is 0.0243. The van der Waals surface area contributed by atoms with E-state index in [1.165, 1.54) is 11.3 Å². The number of hydrogen-bond donors (Lipinski definition) is 0. The number of esters is 1. The maximum Gasteiger partial charge on any atom is 0.344 e. The highest BCUT2D eigenvalue weighted by molar-refractivity contribution is 7.13. The van der Waals surface area contributed by atoms with Crippen molar-refractivity contribution in [3.05, 3.63) is 58.4 Å². The minimum Gasteiger partial charge on any atom is -0.455 e. The number of thiazole rings is 1. The fourth-order valence-corrected chi connectivity index (χ4v) is 2.88. The van der Waals surface area contributed by atoms with Gasteiger partial charge in [0.1, 0.15) is 22.9 Å². The molecular formula is C16H14N2O3S. The molecule has 0 aliphatic heterocycles. The van der Waals surface area contributed by atoms with E-state index < -0.39 is 5.97 Å². The SMILES string of the molecule is Cc1noc(C)c1C(=O)OCc1csc(-c2ccccc2)n1. The Labute approximate surface area is 131 Å². The van der Waals surface area contributed by atoms with E-state index in [1.807, 2.05) is 35.7 Å². The Morgan fingerprint density at radius 1 is 1.27 bits per heavy atom. The second kappa shape index (κ2) is 6.11. The zero-order chi connectivity index (χ0) is 15.5. The molecule has 5 nitrogen and oxygen atoms in total. The Balaban J connectivity index is 1.68. The number of carbonyl (C=O) groups excluding carboxylic acids is 1. The monoisotopic (exact) mass is 314 g/mol. The van der Waals surface area contributed by atoms with Gasteiger partial charge in [-0.15, -0.1) is 11.3 Å². The molecule has 22 heavy (non-hydrogen) atoms. The molecule has 0 amide bonds. The normalized spacial score (nSPS) is 10.6. The molecule has 0 bridgehead atoms. The van der Waals surface area contributed by atoms with Crippen molar-refractivity contribution in [2.75, 3.05) is 0 Å². The first-order valence-electron chi connectivity index (χ1n) is 6.75. The van der Waals surface area contributed by atoms with E-state index in [4.69, 9.17) is 9.26 Å². The Morgan fingerprint density at radius 2 is 2.05 bits per heavy atom. The van der Waals surface area contributed by atoms with Gasteiger partial charge >= 0.3 is 5.97 Å². The van der Waals surface area contributed by atoms with E-state index in [0.29, 0.717) is 17.0 Å². The van der Waals surface area contributed by atoms with Crippen molar-refractivity contribution in [1.29, 1.82) is 0 Å². The fourth-order valence-electron chi connectivity index (χ4n) is 2.07. The van der Waals surface area contributed by atoms with Crippen LogP contribution in [0.5, 0.6) is 0 Å².